The second-order valence-electron chi connectivity index (χ2n) is 11.6. The van der Waals surface area contributed by atoms with Crippen LogP contribution >= 0.6 is 0 Å². The van der Waals surface area contributed by atoms with Crippen molar-refractivity contribution in [3.63, 3.8) is 0 Å². The van der Waals surface area contributed by atoms with Crippen LogP contribution in [0.3, 0.4) is 0 Å². The van der Waals surface area contributed by atoms with Crippen molar-refractivity contribution in [3.8, 4) is 5.75 Å². The van der Waals surface area contributed by atoms with Gasteiger partial charge in [0.25, 0.3) is 0 Å². The van der Waals surface area contributed by atoms with E-state index in [0.29, 0.717) is 32.5 Å². The summed E-state index contributed by atoms with van der Waals surface area (Å²) in [7, 11) is 0. The second-order valence-corrected chi connectivity index (χ2v) is 11.6. The number of carbonyl (C=O) groups excluding carboxylic acids is 3. The molecule has 9 nitrogen and oxygen atoms in total. The molecule has 48 heavy (non-hydrogen) atoms. The number of hydrogen-bond acceptors (Lipinski definition) is 7. The third kappa shape index (κ3) is 14.8. The number of benzene rings is 3. The first kappa shape index (κ1) is 37.7. The van der Waals surface area contributed by atoms with Crippen molar-refractivity contribution in [1.29, 1.82) is 0 Å². The van der Waals surface area contributed by atoms with Gasteiger partial charge >= 0.3 is 5.97 Å². The average molecular weight is 657 g/mol. The van der Waals surface area contributed by atoms with Crippen LogP contribution < -0.4 is 15.4 Å². The van der Waals surface area contributed by atoms with Crippen molar-refractivity contribution in [2.45, 2.75) is 63.8 Å². The Hall–Kier alpha value is -4.73. The fourth-order valence-electron chi connectivity index (χ4n) is 4.90. The molecule has 0 aliphatic rings. The zero-order valence-corrected chi connectivity index (χ0v) is 27.6. The van der Waals surface area contributed by atoms with Crippen LogP contribution in [0.1, 0.15) is 48.8 Å². The third-order valence-corrected chi connectivity index (χ3v) is 7.50. The highest BCUT2D eigenvalue weighted by molar-refractivity contribution is 5.86. The lowest BCUT2D eigenvalue weighted by Gasteiger charge is -2.23. The Morgan fingerprint density at radius 2 is 1.44 bits per heavy atom. The highest BCUT2D eigenvalue weighted by atomic mass is 16.5. The predicted octanol–water partition coefficient (Wildman–Crippen LogP) is 5.47. The SMILES string of the molecule is C=CCCCC(=O)OC[C@H](COCc1ccccc1)NC(=O)[C@@H](CC=C)CC(=O)N[C@H](CO)Cc1ccc(OCc2ccccc2)cc1. The quantitative estimate of drug-likeness (QED) is 0.0703. The van der Waals surface area contributed by atoms with Gasteiger partial charge in [0.15, 0.2) is 0 Å². The summed E-state index contributed by atoms with van der Waals surface area (Å²) in [6.45, 7) is 7.97. The highest BCUT2D eigenvalue weighted by Crippen LogP contribution is 2.16. The minimum absolute atomic E-state index is 0.0663. The van der Waals surface area contributed by atoms with Crippen LogP contribution in [0.4, 0.5) is 0 Å². The fourth-order valence-corrected chi connectivity index (χ4v) is 4.90. The van der Waals surface area contributed by atoms with Crippen LogP contribution in [0.15, 0.2) is 110 Å². The summed E-state index contributed by atoms with van der Waals surface area (Å²) in [5.74, 6) is -1.12. The topological polar surface area (TPSA) is 123 Å². The van der Waals surface area contributed by atoms with Gasteiger partial charge in [0, 0.05) is 12.8 Å². The first-order chi connectivity index (χ1) is 23.4. The van der Waals surface area contributed by atoms with E-state index in [9.17, 15) is 19.5 Å². The van der Waals surface area contributed by atoms with Gasteiger partial charge in [-0.3, -0.25) is 14.4 Å². The number of hydrogen-bond donors (Lipinski definition) is 3. The van der Waals surface area contributed by atoms with Crippen molar-refractivity contribution in [1.82, 2.24) is 10.6 Å². The van der Waals surface area contributed by atoms with Crippen LogP contribution in [0.25, 0.3) is 0 Å². The minimum atomic E-state index is -0.720. The van der Waals surface area contributed by atoms with Crippen LogP contribution in [0, 0.1) is 5.92 Å². The Bertz CT molecular complexity index is 1400. The summed E-state index contributed by atoms with van der Waals surface area (Å²) in [5, 5.41) is 15.8. The zero-order chi connectivity index (χ0) is 34.4. The monoisotopic (exact) mass is 656 g/mol. The van der Waals surface area contributed by atoms with E-state index in [0.717, 1.165) is 22.4 Å². The van der Waals surface area contributed by atoms with Crippen LogP contribution in [-0.4, -0.2) is 54.8 Å². The van der Waals surface area contributed by atoms with Gasteiger partial charge in [-0.2, -0.15) is 0 Å². The smallest absolute Gasteiger partial charge is 0.305 e. The Kier molecular flexibility index (Phi) is 17.3. The molecule has 0 saturated heterocycles. The van der Waals surface area contributed by atoms with Gasteiger partial charge in [0.05, 0.1) is 37.8 Å². The second kappa shape index (κ2) is 22.0. The first-order valence-electron chi connectivity index (χ1n) is 16.4. The van der Waals surface area contributed by atoms with Gasteiger partial charge in [-0.05, 0) is 54.5 Å². The number of aliphatic hydroxyl groups excluding tert-OH is 1. The minimum Gasteiger partial charge on any atom is -0.489 e. The fraction of sp³-hybridized carbons (Fsp3) is 0.359. The molecule has 3 N–H and O–H groups in total. The lowest BCUT2D eigenvalue weighted by atomic mass is 9.98. The van der Waals surface area contributed by atoms with E-state index in [1.807, 2.05) is 84.9 Å². The number of esters is 1. The van der Waals surface area contributed by atoms with E-state index in [-0.39, 0.29) is 56.9 Å². The molecule has 0 aliphatic carbocycles. The molecule has 0 aromatic heterocycles. The predicted molar refractivity (Wildman–Crippen MR) is 186 cm³/mol. The van der Waals surface area contributed by atoms with Gasteiger partial charge < -0.3 is 30.0 Å². The molecule has 0 radical (unpaired) electrons. The molecule has 256 valence electrons. The molecule has 0 unspecified atom stereocenters. The number of nitrogens with one attached hydrogen (secondary N) is 2. The number of aliphatic hydroxyl groups is 1. The lowest BCUT2D eigenvalue weighted by Crippen LogP contribution is -2.46. The Morgan fingerprint density at radius 3 is 2.06 bits per heavy atom. The molecule has 0 bridgehead atoms. The van der Waals surface area contributed by atoms with E-state index in [4.69, 9.17) is 14.2 Å². The van der Waals surface area contributed by atoms with Crippen molar-refractivity contribution in [3.05, 3.63) is 127 Å². The summed E-state index contributed by atoms with van der Waals surface area (Å²) in [4.78, 5) is 38.7. The Balaban J connectivity index is 1.53. The molecule has 0 saturated carbocycles. The number of rotatable bonds is 23. The van der Waals surface area contributed by atoms with Gasteiger partial charge in [0.1, 0.15) is 19.0 Å². The maximum Gasteiger partial charge on any atom is 0.305 e. The van der Waals surface area contributed by atoms with Crippen LogP contribution in [-0.2, 0) is 43.5 Å². The standard InChI is InChI=1S/C39H48N2O7/c1-3-5-8-18-38(44)48-29-35(28-46-26-31-14-9-6-10-15-31)41-39(45)33(13-4-2)24-37(43)40-34(25-42)23-30-19-21-36(22-20-30)47-27-32-16-11-7-12-17-32/h3-4,6-7,9-12,14-17,19-22,33-35,42H,1-2,5,8,13,18,23-29H2,(H,40,43)(H,41,45)/t33-,34-,35-/m0/s1. The van der Waals surface area contributed by atoms with Gasteiger partial charge in [-0.15, -0.1) is 13.2 Å². The molecule has 3 aromatic carbocycles. The number of ether oxygens (including phenoxy) is 3. The molecule has 0 aliphatic heterocycles. The normalized spacial score (nSPS) is 12.6. The Morgan fingerprint density at radius 1 is 0.771 bits per heavy atom. The van der Waals surface area contributed by atoms with Gasteiger partial charge in [-0.1, -0.05) is 84.9 Å². The molecule has 3 atom stereocenters. The van der Waals surface area contributed by atoms with Gasteiger partial charge in [0.2, 0.25) is 11.8 Å². The van der Waals surface area contributed by atoms with Crippen LogP contribution in [0.5, 0.6) is 5.75 Å². The molecular formula is C39H48N2O7. The number of amides is 2. The summed E-state index contributed by atoms with van der Waals surface area (Å²) in [6.07, 6.45) is 5.45. The zero-order valence-electron chi connectivity index (χ0n) is 27.6. The molecule has 3 rings (SSSR count). The van der Waals surface area contributed by atoms with Crippen molar-refractivity contribution < 1.29 is 33.7 Å². The number of unbranched alkanes of at least 4 members (excludes halogenated alkanes) is 1. The number of allylic oxidation sites excluding steroid dienone is 2. The van der Waals surface area contributed by atoms with Crippen molar-refractivity contribution in [2.75, 3.05) is 19.8 Å². The molecule has 2 amide bonds. The summed E-state index contributed by atoms with van der Waals surface area (Å²) in [5.41, 5.74) is 2.95. The molecule has 3 aromatic rings. The van der Waals surface area contributed by atoms with E-state index in [1.54, 1.807) is 12.2 Å². The molecule has 0 heterocycles. The maximum atomic E-state index is 13.4. The first-order valence-corrected chi connectivity index (χ1v) is 16.4. The molecular weight excluding hydrogens is 608 g/mol. The lowest BCUT2D eigenvalue weighted by molar-refractivity contribution is -0.146. The molecule has 9 heteroatoms. The van der Waals surface area contributed by atoms with Crippen molar-refractivity contribution in [2.24, 2.45) is 5.92 Å². The highest BCUT2D eigenvalue weighted by Gasteiger charge is 2.25. The summed E-state index contributed by atoms with van der Waals surface area (Å²) >= 11 is 0. The van der Waals surface area contributed by atoms with E-state index in [1.165, 1.54) is 0 Å². The number of carbonyl (C=O) groups is 3. The summed E-state index contributed by atoms with van der Waals surface area (Å²) in [6, 6.07) is 25.8. The van der Waals surface area contributed by atoms with E-state index >= 15 is 0 Å². The summed E-state index contributed by atoms with van der Waals surface area (Å²) < 4.78 is 17.1. The van der Waals surface area contributed by atoms with E-state index < -0.39 is 18.0 Å². The van der Waals surface area contributed by atoms with E-state index in [2.05, 4.69) is 23.8 Å². The van der Waals surface area contributed by atoms with Crippen LogP contribution in [0.2, 0.25) is 0 Å². The maximum absolute atomic E-state index is 13.4. The average Bonchev–Trinajstić information content (AvgIpc) is 3.10. The van der Waals surface area contributed by atoms with Gasteiger partial charge in [-0.25, -0.2) is 0 Å². The Labute approximate surface area is 284 Å². The third-order valence-electron chi connectivity index (χ3n) is 7.50. The molecule has 0 spiro atoms. The largest absolute Gasteiger partial charge is 0.489 e. The molecule has 0 fully saturated rings. The van der Waals surface area contributed by atoms with Crippen molar-refractivity contribution >= 4 is 17.8 Å².